The zero-order valence-electron chi connectivity index (χ0n) is 8.45. The molecule has 0 saturated heterocycles. The quantitative estimate of drug-likeness (QED) is 0.593. The van der Waals surface area contributed by atoms with Gasteiger partial charge in [-0.05, 0) is 12.1 Å². The summed E-state index contributed by atoms with van der Waals surface area (Å²) < 4.78 is 39.8. The lowest BCUT2D eigenvalue weighted by Gasteiger charge is -2.05. The summed E-state index contributed by atoms with van der Waals surface area (Å²) in [5, 5.41) is 0. The van der Waals surface area contributed by atoms with Crippen molar-refractivity contribution >= 4 is 6.29 Å². The van der Waals surface area contributed by atoms with Crippen LogP contribution in [0.2, 0.25) is 0 Å². The van der Waals surface area contributed by atoms with Crippen LogP contribution in [-0.2, 0) is 0 Å². The third-order valence-corrected chi connectivity index (χ3v) is 2.24. The Morgan fingerprint density at radius 2 is 1.88 bits per heavy atom. The predicted octanol–water partition coefficient (Wildman–Crippen LogP) is 2.98. The first-order valence-electron chi connectivity index (χ1n) is 4.68. The van der Waals surface area contributed by atoms with Crippen LogP contribution in [0.1, 0.15) is 10.4 Å². The number of halogens is 3. The topological polar surface area (TPSA) is 30.0 Å². The molecule has 86 valence electrons. The summed E-state index contributed by atoms with van der Waals surface area (Å²) in [4.78, 5) is 13.8. The van der Waals surface area contributed by atoms with E-state index in [1.165, 1.54) is 12.1 Å². The molecule has 1 aromatic heterocycles. The van der Waals surface area contributed by atoms with E-state index in [0.29, 0.717) is 6.29 Å². The Balaban J connectivity index is 2.67. The van der Waals surface area contributed by atoms with E-state index in [-0.39, 0.29) is 16.7 Å². The molecule has 0 aliphatic rings. The maximum Gasteiger partial charge on any atom is 0.220 e. The van der Waals surface area contributed by atoms with Gasteiger partial charge in [-0.15, -0.1) is 0 Å². The molecule has 2 rings (SSSR count). The average molecular weight is 237 g/mol. The molecule has 2 aromatic rings. The minimum absolute atomic E-state index is 0.0880. The van der Waals surface area contributed by atoms with Crippen LogP contribution in [0.3, 0.4) is 0 Å². The first kappa shape index (κ1) is 11.3. The smallest absolute Gasteiger partial charge is 0.220 e. The van der Waals surface area contributed by atoms with Gasteiger partial charge in [-0.1, -0.05) is 12.1 Å². The number of hydrogen-bond acceptors (Lipinski definition) is 2. The number of carbonyl (C=O) groups excluding carboxylic acids is 1. The van der Waals surface area contributed by atoms with Crippen molar-refractivity contribution in [2.24, 2.45) is 0 Å². The zero-order valence-corrected chi connectivity index (χ0v) is 8.45. The lowest BCUT2D eigenvalue weighted by Crippen LogP contribution is -1.96. The molecular formula is C12H6F3NO. The summed E-state index contributed by atoms with van der Waals surface area (Å²) in [7, 11) is 0. The molecule has 0 fully saturated rings. The minimum atomic E-state index is -1.17. The van der Waals surface area contributed by atoms with Gasteiger partial charge in [-0.3, -0.25) is 4.79 Å². The van der Waals surface area contributed by atoms with E-state index in [1.54, 1.807) is 0 Å². The van der Waals surface area contributed by atoms with Gasteiger partial charge in [0.25, 0.3) is 0 Å². The maximum absolute atomic E-state index is 13.4. The van der Waals surface area contributed by atoms with Gasteiger partial charge in [0.15, 0.2) is 17.9 Å². The van der Waals surface area contributed by atoms with E-state index in [9.17, 15) is 18.0 Å². The molecule has 0 amide bonds. The average Bonchev–Trinajstić information content (AvgIpc) is 2.34. The van der Waals surface area contributed by atoms with Crippen molar-refractivity contribution in [3.8, 4) is 11.1 Å². The molecule has 0 N–H and O–H groups in total. The molecule has 1 aromatic carbocycles. The lowest BCUT2D eigenvalue weighted by atomic mass is 10.1. The van der Waals surface area contributed by atoms with E-state index < -0.39 is 17.6 Å². The van der Waals surface area contributed by atoms with E-state index >= 15 is 0 Å². The van der Waals surface area contributed by atoms with Crippen molar-refractivity contribution in [2.75, 3.05) is 0 Å². The highest BCUT2D eigenvalue weighted by Crippen LogP contribution is 2.26. The Labute approximate surface area is 94.7 Å². The Hall–Kier alpha value is -2.17. The molecule has 2 nitrogen and oxygen atoms in total. The summed E-state index contributed by atoms with van der Waals surface area (Å²) in [6.07, 6.45) is 1.47. The van der Waals surface area contributed by atoms with E-state index in [4.69, 9.17) is 0 Å². The number of nitrogens with zero attached hydrogens (tertiary/aromatic N) is 1. The lowest BCUT2D eigenvalue weighted by molar-refractivity contribution is 0.112. The number of carbonyl (C=O) groups is 1. The summed E-state index contributed by atoms with van der Waals surface area (Å²) in [6, 6.07) is 4.51. The molecular weight excluding hydrogens is 231 g/mol. The van der Waals surface area contributed by atoms with Crippen LogP contribution in [0, 0.1) is 17.6 Å². The Morgan fingerprint density at radius 1 is 1.12 bits per heavy atom. The van der Waals surface area contributed by atoms with Crippen molar-refractivity contribution in [2.45, 2.75) is 0 Å². The number of hydrogen-bond donors (Lipinski definition) is 0. The third-order valence-electron chi connectivity index (χ3n) is 2.24. The number of pyridine rings is 1. The van der Waals surface area contributed by atoms with Crippen LogP contribution in [0.15, 0.2) is 30.5 Å². The SMILES string of the molecule is O=Cc1cnc(F)c(-c2cccc(F)c2F)c1. The number of benzene rings is 1. The van der Waals surface area contributed by atoms with Crippen molar-refractivity contribution < 1.29 is 18.0 Å². The normalized spacial score (nSPS) is 10.3. The van der Waals surface area contributed by atoms with Gasteiger partial charge in [-0.25, -0.2) is 13.8 Å². The standard InChI is InChI=1S/C12H6F3NO/c13-10-3-1-2-8(11(10)14)9-4-7(6-17)5-16-12(9)15/h1-6H. The molecule has 0 aliphatic carbocycles. The van der Waals surface area contributed by atoms with E-state index in [2.05, 4.69) is 4.98 Å². The highest BCUT2D eigenvalue weighted by Gasteiger charge is 2.14. The van der Waals surface area contributed by atoms with Crippen molar-refractivity contribution in [1.82, 2.24) is 4.98 Å². The molecule has 1 heterocycles. The second-order valence-electron chi connectivity index (χ2n) is 3.33. The van der Waals surface area contributed by atoms with Crippen LogP contribution >= 0.6 is 0 Å². The van der Waals surface area contributed by atoms with E-state index in [0.717, 1.165) is 18.3 Å². The minimum Gasteiger partial charge on any atom is -0.298 e. The van der Waals surface area contributed by atoms with Crippen LogP contribution in [0.4, 0.5) is 13.2 Å². The number of aldehydes is 1. The highest BCUT2D eigenvalue weighted by molar-refractivity contribution is 5.78. The zero-order chi connectivity index (χ0) is 12.4. The maximum atomic E-state index is 13.4. The van der Waals surface area contributed by atoms with Gasteiger partial charge < -0.3 is 0 Å². The summed E-state index contributed by atoms with van der Waals surface area (Å²) >= 11 is 0. The monoisotopic (exact) mass is 237 g/mol. The van der Waals surface area contributed by atoms with Crippen LogP contribution in [-0.4, -0.2) is 11.3 Å². The molecule has 0 aliphatic heterocycles. The van der Waals surface area contributed by atoms with Gasteiger partial charge >= 0.3 is 0 Å². The third kappa shape index (κ3) is 2.04. The highest BCUT2D eigenvalue weighted by atomic mass is 19.2. The van der Waals surface area contributed by atoms with Gasteiger partial charge in [0, 0.05) is 22.9 Å². The fraction of sp³-hybridized carbons (Fsp3) is 0. The van der Waals surface area contributed by atoms with Crippen LogP contribution in [0.25, 0.3) is 11.1 Å². The molecule has 0 bridgehead atoms. The van der Waals surface area contributed by atoms with Gasteiger partial charge in [0.2, 0.25) is 5.95 Å². The number of rotatable bonds is 2. The van der Waals surface area contributed by atoms with Crippen molar-refractivity contribution in [3.63, 3.8) is 0 Å². The summed E-state index contributed by atoms with van der Waals surface area (Å²) in [6.45, 7) is 0. The van der Waals surface area contributed by atoms with Crippen LogP contribution < -0.4 is 0 Å². The molecule has 5 heteroatoms. The Kier molecular flexibility index (Phi) is 2.91. The molecule has 0 spiro atoms. The molecule has 0 unspecified atom stereocenters. The first-order valence-corrected chi connectivity index (χ1v) is 4.68. The fourth-order valence-corrected chi connectivity index (χ4v) is 1.43. The first-order chi connectivity index (χ1) is 8.13. The van der Waals surface area contributed by atoms with Gasteiger partial charge in [0.05, 0.1) is 0 Å². The second kappa shape index (κ2) is 4.37. The Morgan fingerprint density at radius 3 is 2.59 bits per heavy atom. The Bertz CT molecular complexity index is 584. The van der Waals surface area contributed by atoms with Crippen molar-refractivity contribution in [3.05, 3.63) is 53.6 Å². The summed E-state index contributed by atoms with van der Waals surface area (Å²) in [5.74, 6) is -3.21. The largest absolute Gasteiger partial charge is 0.298 e. The number of aromatic nitrogens is 1. The predicted molar refractivity (Wildman–Crippen MR) is 54.9 cm³/mol. The molecule has 0 radical (unpaired) electrons. The molecule has 0 saturated carbocycles. The van der Waals surface area contributed by atoms with Crippen LogP contribution in [0.5, 0.6) is 0 Å². The van der Waals surface area contributed by atoms with Crippen molar-refractivity contribution in [1.29, 1.82) is 0 Å². The molecule has 17 heavy (non-hydrogen) atoms. The fourth-order valence-electron chi connectivity index (χ4n) is 1.43. The van der Waals surface area contributed by atoms with Gasteiger partial charge in [-0.2, -0.15) is 4.39 Å². The second-order valence-corrected chi connectivity index (χ2v) is 3.33. The van der Waals surface area contributed by atoms with E-state index in [1.807, 2.05) is 0 Å². The molecule has 0 atom stereocenters. The summed E-state index contributed by atoms with van der Waals surface area (Å²) in [5.41, 5.74) is -0.421. The van der Waals surface area contributed by atoms with Gasteiger partial charge in [0.1, 0.15) is 0 Å².